The topological polar surface area (TPSA) is 180 Å². The summed E-state index contributed by atoms with van der Waals surface area (Å²) in [6, 6.07) is 0. The van der Waals surface area contributed by atoms with Crippen LogP contribution in [-0.2, 0) is 9.47 Å². The standard InChI is InChI=1S/C32H56O10/c1-15(2)22(42-29-27(39)26(38)21(36)14-41-29)7-6-16(3)17-12-19(34)28-30(17,4)11-9-23-31(5)10-8-18(33)25(37)24(31)20(35)13-32(23,28)40/h15-29,33-40H,6-14H2,1-5H3/t16-,17-,18?,19?,20?,21+,22?,23-,24?,25?,26+,27-,28-,29+,30-,31-,32+/m1/s1. The summed E-state index contributed by atoms with van der Waals surface area (Å²) < 4.78 is 11.6. The normalized spacial score (nSPS) is 54.1. The molecule has 8 N–H and O–H groups in total. The molecule has 4 aliphatic carbocycles. The van der Waals surface area contributed by atoms with Gasteiger partial charge in [0, 0.05) is 18.3 Å². The van der Waals surface area contributed by atoms with Gasteiger partial charge in [0.15, 0.2) is 6.29 Å². The van der Waals surface area contributed by atoms with Gasteiger partial charge in [-0.2, -0.15) is 0 Å². The van der Waals surface area contributed by atoms with Gasteiger partial charge in [-0.3, -0.25) is 0 Å². The number of aliphatic hydroxyl groups is 8. The van der Waals surface area contributed by atoms with Gasteiger partial charge < -0.3 is 50.3 Å². The van der Waals surface area contributed by atoms with E-state index in [2.05, 4.69) is 13.8 Å². The maximum Gasteiger partial charge on any atom is 0.186 e. The van der Waals surface area contributed by atoms with Crippen LogP contribution in [0.3, 0.4) is 0 Å². The number of hydrogen-bond acceptors (Lipinski definition) is 10. The quantitative estimate of drug-likeness (QED) is 0.209. The largest absolute Gasteiger partial charge is 0.393 e. The molecular formula is C32H56O10. The first-order chi connectivity index (χ1) is 19.6. The summed E-state index contributed by atoms with van der Waals surface area (Å²) in [7, 11) is 0. The van der Waals surface area contributed by atoms with Crippen LogP contribution in [0.1, 0.15) is 86.0 Å². The smallest absolute Gasteiger partial charge is 0.186 e. The maximum absolute atomic E-state index is 12.5. The molecule has 1 aliphatic heterocycles. The van der Waals surface area contributed by atoms with Crippen LogP contribution in [0.5, 0.6) is 0 Å². The molecule has 0 bridgehead atoms. The Morgan fingerprint density at radius 3 is 2.12 bits per heavy atom. The first-order valence-electron chi connectivity index (χ1n) is 16.3. The van der Waals surface area contributed by atoms with Crippen molar-refractivity contribution in [3.05, 3.63) is 0 Å². The van der Waals surface area contributed by atoms with Gasteiger partial charge in [0.1, 0.15) is 18.3 Å². The van der Waals surface area contributed by atoms with Crippen LogP contribution in [-0.4, -0.2) is 108 Å². The second-order valence-corrected chi connectivity index (χ2v) is 15.6. The zero-order valence-electron chi connectivity index (χ0n) is 25.9. The van der Waals surface area contributed by atoms with Crippen molar-refractivity contribution in [1.29, 1.82) is 0 Å². The molecule has 0 aromatic heterocycles. The molecule has 17 atom stereocenters. The molecule has 1 heterocycles. The van der Waals surface area contributed by atoms with Gasteiger partial charge in [0.2, 0.25) is 0 Å². The predicted octanol–water partition coefficient (Wildman–Crippen LogP) is 0.930. The van der Waals surface area contributed by atoms with Crippen molar-refractivity contribution in [2.75, 3.05) is 6.61 Å². The van der Waals surface area contributed by atoms with Crippen LogP contribution >= 0.6 is 0 Å². The molecule has 0 spiro atoms. The van der Waals surface area contributed by atoms with E-state index >= 15 is 0 Å². The van der Waals surface area contributed by atoms with E-state index < -0.39 is 71.9 Å². The minimum absolute atomic E-state index is 0.0909. The SMILES string of the molecule is CC(C)C(CC[C@@H](C)[C@H]1CC(O)[C@@H]2[C@]1(C)CC[C@H]1[C@@]2(O)CC(O)C2C(O)C(O)CC[C@@]21C)O[C@@H]1OC[C@H](O)[C@H](O)[C@H]1O. The van der Waals surface area contributed by atoms with E-state index in [0.29, 0.717) is 25.7 Å². The Labute approximate surface area is 250 Å². The molecule has 5 fully saturated rings. The lowest BCUT2D eigenvalue weighted by atomic mass is 9.41. The third-order valence-corrected chi connectivity index (χ3v) is 12.9. The van der Waals surface area contributed by atoms with E-state index in [9.17, 15) is 40.9 Å². The molecule has 10 nitrogen and oxygen atoms in total. The van der Waals surface area contributed by atoms with Gasteiger partial charge in [0.05, 0.1) is 42.7 Å². The summed E-state index contributed by atoms with van der Waals surface area (Å²) in [6.07, 6.45) is -3.90. The molecule has 1 saturated heterocycles. The van der Waals surface area contributed by atoms with Crippen molar-refractivity contribution in [3.8, 4) is 0 Å². The van der Waals surface area contributed by atoms with E-state index in [0.717, 1.165) is 19.3 Å². The fraction of sp³-hybridized carbons (Fsp3) is 1.00. The lowest BCUT2D eigenvalue weighted by Gasteiger charge is -2.66. The summed E-state index contributed by atoms with van der Waals surface area (Å²) in [4.78, 5) is 0. The highest BCUT2D eigenvalue weighted by Crippen LogP contribution is 2.69. The van der Waals surface area contributed by atoms with Gasteiger partial charge in [0.25, 0.3) is 0 Å². The van der Waals surface area contributed by atoms with Crippen LogP contribution in [0.2, 0.25) is 0 Å². The van der Waals surface area contributed by atoms with Crippen LogP contribution in [0.15, 0.2) is 0 Å². The molecular weight excluding hydrogens is 544 g/mol. The molecule has 10 heteroatoms. The second-order valence-electron chi connectivity index (χ2n) is 15.6. The lowest BCUT2D eigenvalue weighted by Crippen LogP contribution is -2.70. The molecule has 4 saturated carbocycles. The highest BCUT2D eigenvalue weighted by Gasteiger charge is 2.71. The van der Waals surface area contributed by atoms with Crippen LogP contribution in [0.25, 0.3) is 0 Å². The van der Waals surface area contributed by atoms with Crippen molar-refractivity contribution >= 4 is 0 Å². The number of ether oxygens (including phenoxy) is 2. The Bertz CT molecular complexity index is 950. The fourth-order valence-corrected chi connectivity index (χ4v) is 10.8. The van der Waals surface area contributed by atoms with Crippen LogP contribution in [0.4, 0.5) is 0 Å². The molecule has 5 rings (SSSR count). The minimum Gasteiger partial charge on any atom is -0.393 e. The Hall–Kier alpha value is -0.400. The molecule has 0 aromatic rings. The summed E-state index contributed by atoms with van der Waals surface area (Å²) in [6.45, 7) is 10.4. The average molecular weight is 601 g/mol. The Morgan fingerprint density at radius 2 is 1.45 bits per heavy atom. The Morgan fingerprint density at radius 1 is 0.786 bits per heavy atom. The Balaban J connectivity index is 1.30. The van der Waals surface area contributed by atoms with E-state index in [1.807, 2.05) is 20.8 Å². The highest BCUT2D eigenvalue weighted by atomic mass is 16.7. The number of fused-ring (bicyclic) bond motifs is 5. The first kappa shape index (κ1) is 33.0. The molecule has 6 unspecified atom stereocenters. The molecule has 0 amide bonds. The van der Waals surface area contributed by atoms with Crippen LogP contribution < -0.4 is 0 Å². The Kier molecular flexibility index (Phi) is 9.23. The summed E-state index contributed by atoms with van der Waals surface area (Å²) in [5.41, 5.74) is -2.14. The summed E-state index contributed by atoms with van der Waals surface area (Å²) in [5, 5.41) is 86.9. The highest BCUT2D eigenvalue weighted by molar-refractivity contribution is 5.21. The monoisotopic (exact) mass is 600 g/mol. The fourth-order valence-electron chi connectivity index (χ4n) is 10.8. The van der Waals surface area contributed by atoms with Crippen molar-refractivity contribution < 1.29 is 50.3 Å². The molecule has 42 heavy (non-hydrogen) atoms. The van der Waals surface area contributed by atoms with Crippen molar-refractivity contribution in [2.45, 2.75) is 147 Å². The average Bonchev–Trinajstić information content (AvgIpc) is 3.19. The van der Waals surface area contributed by atoms with Gasteiger partial charge in [-0.15, -0.1) is 0 Å². The third-order valence-electron chi connectivity index (χ3n) is 12.9. The van der Waals surface area contributed by atoms with Gasteiger partial charge in [-0.05, 0) is 79.4 Å². The van der Waals surface area contributed by atoms with Crippen molar-refractivity contribution in [1.82, 2.24) is 0 Å². The van der Waals surface area contributed by atoms with E-state index in [1.165, 1.54) is 0 Å². The van der Waals surface area contributed by atoms with E-state index in [4.69, 9.17) is 9.47 Å². The van der Waals surface area contributed by atoms with Crippen molar-refractivity contribution in [3.63, 3.8) is 0 Å². The minimum atomic E-state index is -1.34. The second kappa shape index (κ2) is 11.8. The molecule has 244 valence electrons. The summed E-state index contributed by atoms with van der Waals surface area (Å²) in [5.74, 6) is -0.626. The van der Waals surface area contributed by atoms with Gasteiger partial charge >= 0.3 is 0 Å². The number of rotatable bonds is 7. The number of hydrogen-bond donors (Lipinski definition) is 8. The van der Waals surface area contributed by atoms with Crippen molar-refractivity contribution in [2.24, 2.45) is 46.3 Å². The van der Waals surface area contributed by atoms with E-state index in [-0.39, 0.29) is 48.2 Å². The molecule has 0 radical (unpaired) electrons. The van der Waals surface area contributed by atoms with Crippen LogP contribution in [0, 0.1) is 46.3 Å². The van der Waals surface area contributed by atoms with E-state index in [1.54, 1.807) is 0 Å². The molecule has 5 aliphatic rings. The zero-order valence-corrected chi connectivity index (χ0v) is 25.9. The lowest BCUT2D eigenvalue weighted by molar-refractivity contribution is -0.287. The van der Waals surface area contributed by atoms with Gasteiger partial charge in [-0.25, -0.2) is 0 Å². The maximum atomic E-state index is 12.5. The third kappa shape index (κ3) is 5.19. The molecule has 0 aromatic carbocycles. The first-order valence-corrected chi connectivity index (χ1v) is 16.3. The predicted molar refractivity (Wildman–Crippen MR) is 153 cm³/mol. The summed E-state index contributed by atoms with van der Waals surface area (Å²) >= 11 is 0. The number of aliphatic hydroxyl groups excluding tert-OH is 7. The zero-order chi connectivity index (χ0) is 30.9. The van der Waals surface area contributed by atoms with Gasteiger partial charge in [-0.1, -0.05) is 34.6 Å².